The number of aromatic nitrogens is 1. The number of likely N-dealkylation sites (tertiary alicyclic amines) is 1. The summed E-state index contributed by atoms with van der Waals surface area (Å²) in [4.78, 5) is 19.3. The first kappa shape index (κ1) is 18.5. The molecule has 2 atom stereocenters. The number of rotatable bonds is 3. The van der Waals surface area contributed by atoms with Crippen molar-refractivity contribution in [3.8, 4) is 0 Å². The molecule has 4 rings (SSSR count). The summed E-state index contributed by atoms with van der Waals surface area (Å²) in [7, 11) is 0. The standard InChI is InChI=1S/C23H27N3O2/c1-16-19-8-5-6-10-21(19)28-22(16)17(2)25-23(27)26-15-7-3-4-9-20(26)18-11-13-24-14-12-18/h5-6,8,10-14,17,20H,3-4,7,9,15H2,1-2H3,(H,25,27)/t17-,20-/m1/s1. The van der Waals surface area contributed by atoms with Gasteiger partial charge in [-0.05, 0) is 50.5 Å². The Hall–Kier alpha value is -2.82. The van der Waals surface area contributed by atoms with Crippen molar-refractivity contribution in [2.75, 3.05) is 6.54 Å². The van der Waals surface area contributed by atoms with Crippen LogP contribution in [0.1, 0.15) is 61.6 Å². The van der Waals surface area contributed by atoms with Gasteiger partial charge in [0, 0.05) is 29.9 Å². The Morgan fingerprint density at radius 2 is 1.96 bits per heavy atom. The molecule has 0 saturated carbocycles. The molecule has 1 fully saturated rings. The maximum atomic E-state index is 13.2. The first-order chi connectivity index (χ1) is 13.6. The highest BCUT2D eigenvalue weighted by Gasteiger charge is 2.28. The van der Waals surface area contributed by atoms with E-state index in [2.05, 4.69) is 23.3 Å². The fourth-order valence-electron chi connectivity index (χ4n) is 4.22. The molecule has 1 aliphatic rings. The fraction of sp³-hybridized carbons (Fsp3) is 0.391. The van der Waals surface area contributed by atoms with Crippen LogP contribution in [0.2, 0.25) is 0 Å². The number of nitrogens with zero attached hydrogens (tertiary/aromatic N) is 2. The zero-order chi connectivity index (χ0) is 19.5. The molecule has 2 aromatic heterocycles. The van der Waals surface area contributed by atoms with Crippen LogP contribution in [0.3, 0.4) is 0 Å². The first-order valence-corrected chi connectivity index (χ1v) is 10.1. The number of nitrogens with one attached hydrogen (secondary N) is 1. The van der Waals surface area contributed by atoms with E-state index in [1.54, 1.807) is 12.4 Å². The van der Waals surface area contributed by atoms with Gasteiger partial charge < -0.3 is 14.6 Å². The second-order valence-corrected chi connectivity index (χ2v) is 7.60. The van der Waals surface area contributed by atoms with Crippen LogP contribution >= 0.6 is 0 Å². The molecular formula is C23H27N3O2. The molecule has 1 aromatic carbocycles. The summed E-state index contributed by atoms with van der Waals surface area (Å²) in [6.45, 7) is 4.81. The number of carbonyl (C=O) groups is 1. The minimum atomic E-state index is -0.193. The summed E-state index contributed by atoms with van der Waals surface area (Å²) in [5.41, 5.74) is 3.10. The molecule has 146 valence electrons. The van der Waals surface area contributed by atoms with Crippen LogP contribution in [0.4, 0.5) is 4.79 Å². The summed E-state index contributed by atoms with van der Waals surface area (Å²) in [5.74, 6) is 0.824. The largest absolute Gasteiger partial charge is 0.459 e. The smallest absolute Gasteiger partial charge is 0.318 e. The number of furan rings is 1. The number of hydrogen-bond acceptors (Lipinski definition) is 3. The van der Waals surface area contributed by atoms with E-state index in [4.69, 9.17) is 4.42 Å². The number of amides is 2. The molecule has 5 nitrogen and oxygen atoms in total. The Bertz CT molecular complexity index is 951. The van der Waals surface area contributed by atoms with E-state index in [1.165, 1.54) is 0 Å². The van der Waals surface area contributed by atoms with Crippen LogP contribution in [0, 0.1) is 6.92 Å². The zero-order valence-corrected chi connectivity index (χ0v) is 16.5. The zero-order valence-electron chi connectivity index (χ0n) is 16.5. The molecule has 28 heavy (non-hydrogen) atoms. The highest BCUT2D eigenvalue weighted by Crippen LogP contribution is 2.32. The third-order valence-electron chi connectivity index (χ3n) is 5.72. The van der Waals surface area contributed by atoms with Gasteiger partial charge in [-0.15, -0.1) is 0 Å². The van der Waals surface area contributed by atoms with Crippen molar-refractivity contribution in [3.05, 3.63) is 65.7 Å². The van der Waals surface area contributed by atoms with Gasteiger partial charge in [0.2, 0.25) is 0 Å². The Balaban J connectivity index is 1.55. The summed E-state index contributed by atoms with van der Waals surface area (Å²) in [6, 6.07) is 11.9. The summed E-state index contributed by atoms with van der Waals surface area (Å²) >= 11 is 0. The van der Waals surface area contributed by atoms with Gasteiger partial charge in [0.25, 0.3) is 0 Å². The molecule has 0 radical (unpaired) electrons. The molecule has 2 amide bonds. The van der Waals surface area contributed by atoms with Gasteiger partial charge in [-0.25, -0.2) is 4.79 Å². The monoisotopic (exact) mass is 377 g/mol. The Kier molecular flexibility index (Phi) is 5.33. The second kappa shape index (κ2) is 8.05. The van der Waals surface area contributed by atoms with Crippen molar-refractivity contribution in [1.82, 2.24) is 15.2 Å². The third-order valence-corrected chi connectivity index (χ3v) is 5.72. The van der Waals surface area contributed by atoms with E-state index in [0.717, 1.165) is 60.1 Å². The maximum absolute atomic E-state index is 13.2. The van der Waals surface area contributed by atoms with E-state index in [1.807, 2.05) is 42.2 Å². The molecule has 1 saturated heterocycles. The van der Waals surface area contributed by atoms with Crippen LogP contribution in [0.25, 0.3) is 11.0 Å². The number of fused-ring (bicyclic) bond motifs is 1. The number of urea groups is 1. The van der Waals surface area contributed by atoms with Crippen molar-refractivity contribution in [2.24, 2.45) is 0 Å². The minimum Gasteiger partial charge on any atom is -0.459 e. The minimum absolute atomic E-state index is 0.0314. The molecular weight excluding hydrogens is 350 g/mol. The number of carbonyl (C=O) groups excluding carboxylic acids is 1. The second-order valence-electron chi connectivity index (χ2n) is 7.60. The number of benzene rings is 1. The lowest BCUT2D eigenvalue weighted by Crippen LogP contribution is -2.43. The van der Waals surface area contributed by atoms with Crippen molar-refractivity contribution >= 4 is 17.0 Å². The number of pyridine rings is 1. The lowest BCUT2D eigenvalue weighted by molar-refractivity contribution is 0.171. The van der Waals surface area contributed by atoms with Crippen LogP contribution in [-0.4, -0.2) is 22.5 Å². The van der Waals surface area contributed by atoms with E-state index >= 15 is 0 Å². The van der Waals surface area contributed by atoms with Gasteiger partial charge in [-0.2, -0.15) is 0 Å². The van der Waals surface area contributed by atoms with Crippen LogP contribution in [0.15, 0.2) is 53.2 Å². The SMILES string of the molecule is Cc1c([C@@H](C)NC(=O)N2CCCCC[C@@H]2c2ccncc2)oc2ccccc12. The van der Waals surface area contributed by atoms with Gasteiger partial charge in [-0.1, -0.05) is 31.0 Å². The summed E-state index contributed by atoms with van der Waals surface area (Å²) < 4.78 is 6.04. The van der Waals surface area contributed by atoms with E-state index < -0.39 is 0 Å². The van der Waals surface area contributed by atoms with Crippen LogP contribution in [0.5, 0.6) is 0 Å². The Morgan fingerprint density at radius 3 is 2.75 bits per heavy atom. The van der Waals surface area contributed by atoms with Crippen molar-refractivity contribution in [3.63, 3.8) is 0 Å². The molecule has 0 spiro atoms. The van der Waals surface area contributed by atoms with Crippen LogP contribution < -0.4 is 5.32 Å². The molecule has 5 heteroatoms. The van der Waals surface area contributed by atoms with Gasteiger partial charge in [0.1, 0.15) is 11.3 Å². The number of hydrogen-bond donors (Lipinski definition) is 1. The third kappa shape index (κ3) is 3.61. The topological polar surface area (TPSA) is 58.4 Å². The van der Waals surface area contributed by atoms with E-state index in [9.17, 15) is 4.79 Å². The van der Waals surface area contributed by atoms with Crippen molar-refractivity contribution < 1.29 is 9.21 Å². The normalized spacial score (nSPS) is 18.6. The lowest BCUT2D eigenvalue weighted by atomic mass is 10.0. The predicted molar refractivity (Wildman–Crippen MR) is 110 cm³/mol. The average Bonchev–Trinajstić information content (AvgIpc) is 2.90. The number of aryl methyl sites for hydroxylation is 1. The fourth-order valence-corrected chi connectivity index (χ4v) is 4.22. The average molecular weight is 377 g/mol. The highest BCUT2D eigenvalue weighted by atomic mass is 16.3. The Morgan fingerprint density at radius 1 is 1.18 bits per heavy atom. The van der Waals surface area contributed by atoms with E-state index in [-0.39, 0.29) is 18.1 Å². The van der Waals surface area contributed by atoms with Crippen LogP contribution in [-0.2, 0) is 0 Å². The summed E-state index contributed by atoms with van der Waals surface area (Å²) in [5, 5.41) is 4.27. The van der Waals surface area contributed by atoms with Crippen molar-refractivity contribution in [2.45, 2.75) is 51.6 Å². The Labute approximate surface area is 165 Å². The maximum Gasteiger partial charge on any atom is 0.318 e. The quantitative estimate of drug-likeness (QED) is 0.653. The number of para-hydroxylation sites is 1. The van der Waals surface area contributed by atoms with Gasteiger partial charge in [-0.3, -0.25) is 4.98 Å². The summed E-state index contributed by atoms with van der Waals surface area (Å²) in [6.07, 6.45) is 7.91. The molecule has 3 heterocycles. The van der Waals surface area contributed by atoms with Gasteiger partial charge >= 0.3 is 6.03 Å². The van der Waals surface area contributed by atoms with Gasteiger partial charge in [0.05, 0.1) is 12.1 Å². The molecule has 3 aromatic rings. The lowest BCUT2D eigenvalue weighted by Gasteiger charge is -2.31. The molecule has 0 aliphatic carbocycles. The molecule has 0 unspecified atom stereocenters. The highest BCUT2D eigenvalue weighted by molar-refractivity contribution is 5.82. The van der Waals surface area contributed by atoms with Crippen molar-refractivity contribution in [1.29, 1.82) is 0 Å². The first-order valence-electron chi connectivity index (χ1n) is 10.1. The molecule has 1 N–H and O–H groups in total. The molecule has 1 aliphatic heterocycles. The van der Waals surface area contributed by atoms with Gasteiger partial charge in [0.15, 0.2) is 0 Å². The molecule has 0 bridgehead atoms. The predicted octanol–water partition coefficient (Wildman–Crippen LogP) is 5.52. The van der Waals surface area contributed by atoms with E-state index in [0.29, 0.717) is 0 Å².